The molecule has 1 unspecified atom stereocenters. The number of carbonyl (C=O) groups is 1. The summed E-state index contributed by atoms with van der Waals surface area (Å²) in [6.07, 6.45) is 6.26. The molecule has 5 nitrogen and oxygen atoms in total. The standard InChI is InChI=1S/C25H33N3O2/c1-20(2)17-30-23-6-4-3-5-22(23)16-27-13-9-25(18-27)10-14-28(19-25)24(29)15-21-7-11-26-12-8-21/h3-8,11-12,20H,9-10,13-19H2,1-2H3. The van der Waals surface area contributed by atoms with Gasteiger partial charge in [-0.2, -0.15) is 0 Å². The quantitative estimate of drug-likeness (QED) is 0.701. The number of ether oxygens (including phenoxy) is 1. The van der Waals surface area contributed by atoms with Crippen molar-refractivity contribution in [1.82, 2.24) is 14.8 Å². The summed E-state index contributed by atoms with van der Waals surface area (Å²) in [6.45, 7) is 9.93. The molecule has 0 N–H and O–H groups in total. The molecule has 0 bridgehead atoms. The van der Waals surface area contributed by atoms with Crippen LogP contribution in [0.1, 0.15) is 37.8 Å². The van der Waals surface area contributed by atoms with Crippen molar-refractivity contribution in [2.75, 3.05) is 32.8 Å². The minimum atomic E-state index is 0.240. The number of hydrogen-bond donors (Lipinski definition) is 0. The van der Waals surface area contributed by atoms with Gasteiger partial charge >= 0.3 is 0 Å². The molecule has 0 radical (unpaired) electrons. The van der Waals surface area contributed by atoms with Crippen molar-refractivity contribution in [2.45, 2.75) is 39.7 Å². The first-order chi connectivity index (χ1) is 14.5. The van der Waals surface area contributed by atoms with Crippen molar-refractivity contribution in [3.63, 3.8) is 0 Å². The van der Waals surface area contributed by atoms with Crippen molar-refractivity contribution in [3.8, 4) is 5.75 Å². The summed E-state index contributed by atoms with van der Waals surface area (Å²) in [6, 6.07) is 12.3. The Labute approximate surface area is 180 Å². The van der Waals surface area contributed by atoms with Gasteiger partial charge in [-0.15, -0.1) is 0 Å². The van der Waals surface area contributed by atoms with Gasteiger partial charge in [0, 0.05) is 49.6 Å². The summed E-state index contributed by atoms with van der Waals surface area (Å²) in [7, 11) is 0. The van der Waals surface area contributed by atoms with E-state index in [9.17, 15) is 4.79 Å². The smallest absolute Gasteiger partial charge is 0.227 e. The minimum absolute atomic E-state index is 0.240. The largest absolute Gasteiger partial charge is 0.493 e. The molecular formula is C25H33N3O2. The van der Waals surface area contributed by atoms with E-state index < -0.39 is 0 Å². The lowest BCUT2D eigenvalue weighted by molar-refractivity contribution is -0.129. The van der Waals surface area contributed by atoms with Crippen molar-refractivity contribution in [1.29, 1.82) is 0 Å². The Kier molecular flexibility index (Phi) is 6.38. The molecule has 2 aromatic rings. The molecule has 0 aliphatic carbocycles. The minimum Gasteiger partial charge on any atom is -0.493 e. The normalized spacial score (nSPS) is 21.6. The number of amides is 1. The number of benzene rings is 1. The molecule has 1 atom stereocenters. The second-order valence-corrected chi connectivity index (χ2v) is 9.37. The number of nitrogens with zero attached hydrogens (tertiary/aromatic N) is 3. The van der Waals surface area contributed by atoms with E-state index >= 15 is 0 Å². The third kappa shape index (κ3) is 5.01. The summed E-state index contributed by atoms with van der Waals surface area (Å²) in [4.78, 5) is 21.4. The van der Waals surface area contributed by atoms with Crippen LogP contribution in [-0.4, -0.2) is 53.5 Å². The predicted octanol–water partition coefficient (Wildman–Crippen LogP) is 3.78. The molecule has 2 saturated heterocycles. The van der Waals surface area contributed by atoms with Gasteiger partial charge in [0.25, 0.3) is 0 Å². The van der Waals surface area contributed by atoms with Crippen LogP contribution in [0.5, 0.6) is 5.75 Å². The van der Waals surface area contributed by atoms with Crippen LogP contribution in [0.2, 0.25) is 0 Å². The summed E-state index contributed by atoms with van der Waals surface area (Å²) >= 11 is 0. The van der Waals surface area contributed by atoms with E-state index in [1.54, 1.807) is 12.4 Å². The number of pyridine rings is 1. The maximum atomic E-state index is 12.8. The Morgan fingerprint density at radius 2 is 1.87 bits per heavy atom. The fourth-order valence-corrected chi connectivity index (χ4v) is 4.70. The van der Waals surface area contributed by atoms with Crippen molar-refractivity contribution >= 4 is 5.91 Å². The first-order valence-electron chi connectivity index (χ1n) is 11.1. The van der Waals surface area contributed by atoms with Crippen LogP contribution in [0.15, 0.2) is 48.8 Å². The molecular weight excluding hydrogens is 374 g/mol. The van der Waals surface area contributed by atoms with Gasteiger partial charge in [0.15, 0.2) is 0 Å². The van der Waals surface area contributed by atoms with Gasteiger partial charge in [0.05, 0.1) is 13.0 Å². The molecule has 1 aromatic heterocycles. The predicted molar refractivity (Wildman–Crippen MR) is 118 cm³/mol. The molecule has 160 valence electrons. The molecule has 2 aliphatic heterocycles. The fourth-order valence-electron chi connectivity index (χ4n) is 4.70. The molecule has 1 amide bonds. The molecule has 0 saturated carbocycles. The zero-order valence-corrected chi connectivity index (χ0v) is 18.2. The van der Waals surface area contributed by atoms with Crippen LogP contribution in [0, 0.1) is 11.3 Å². The molecule has 1 aromatic carbocycles. The van der Waals surface area contributed by atoms with Crippen LogP contribution in [0.3, 0.4) is 0 Å². The Hall–Kier alpha value is -2.40. The lowest BCUT2D eigenvalue weighted by atomic mass is 9.86. The average Bonchev–Trinajstić information content (AvgIpc) is 3.34. The van der Waals surface area contributed by atoms with Gasteiger partial charge in [-0.1, -0.05) is 32.0 Å². The van der Waals surface area contributed by atoms with Gasteiger partial charge in [-0.3, -0.25) is 14.7 Å². The van der Waals surface area contributed by atoms with E-state index in [0.29, 0.717) is 12.3 Å². The fraction of sp³-hybridized carbons (Fsp3) is 0.520. The van der Waals surface area contributed by atoms with Crippen LogP contribution in [0.4, 0.5) is 0 Å². The van der Waals surface area contributed by atoms with Crippen LogP contribution >= 0.6 is 0 Å². The first-order valence-corrected chi connectivity index (χ1v) is 11.1. The number of rotatable bonds is 7. The summed E-state index contributed by atoms with van der Waals surface area (Å²) in [5.41, 5.74) is 2.56. The van der Waals surface area contributed by atoms with Crippen molar-refractivity contribution in [2.24, 2.45) is 11.3 Å². The molecule has 4 rings (SSSR count). The Morgan fingerprint density at radius 3 is 2.67 bits per heavy atom. The second kappa shape index (κ2) is 9.17. The Bertz CT molecular complexity index is 854. The molecule has 2 aliphatic rings. The topological polar surface area (TPSA) is 45.7 Å². The number of para-hydroxylation sites is 1. The van der Waals surface area contributed by atoms with Crippen LogP contribution in [-0.2, 0) is 17.8 Å². The van der Waals surface area contributed by atoms with Gasteiger partial charge in [-0.25, -0.2) is 0 Å². The van der Waals surface area contributed by atoms with E-state index in [4.69, 9.17) is 4.74 Å². The van der Waals surface area contributed by atoms with Crippen LogP contribution < -0.4 is 4.74 Å². The molecule has 5 heteroatoms. The molecule has 30 heavy (non-hydrogen) atoms. The van der Waals surface area contributed by atoms with Crippen molar-refractivity contribution in [3.05, 3.63) is 59.9 Å². The van der Waals surface area contributed by atoms with Gasteiger partial charge < -0.3 is 9.64 Å². The first kappa shape index (κ1) is 20.9. The van der Waals surface area contributed by atoms with E-state index in [0.717, 1.165) is 57.1 Å². The van der Waals surface area contributed by atoms with Crippen LogP contribution in [0.25, 0.3) is 0 Å². The number of hydrogen-bond acceptors (Lipinski definition) is 4. The lowest BCUT2D eigenvalue weighted by Crippen LogP contribution is -2.34. The summed E-state index contributed by atoms with van der Waals surface area (Å²) in [5.74, 6) is 1.76. The summed E-state index contributed by atoms with van der Waals surface area (Å²) < 4.78 is 6.05. The second-order valence-electron chi connectivity index (χ2n) is 9.37. The monoisotopic (exact) mass is 407 g/mol. The maximum Gasteiger partial charge on any atom is 0.227 e. The third-order valence-electron chi connectivity index (χ3n) is 6.35. The highest BCUT2D eigenvalue weighted by Gasteiger charge is 2.44. The molecule has 2 fully saturated rings. The van der Waals surface area contributed by atoms with E-state index in [1.807, 2.05) is 18.2 Å². The Morgan fingerprint density at radius 1 is 1.10 bits per heavy atom. The molecule has 3 heterocycles. The zero-order valence-electron chi connectivity index (χ0n) is 18.2. The maximum absolute atomic E-state index is 12.8. The SMILES string of the molecule is CC(C)COc1ccccc1CN1CCC2(CCN(C(=O)Cc3ccncc3)C2)C1. The third-order valence-corrected chi connectivity index (χ3v) is 6.35. The van der Waals surface area contributed by atoms with Gasteiger partial charge in [-0.05, 0) is 49.1 Å². The van der Waals surface area contributed by atoms with Crippen molar-refractivity contribution < 1.29 is 9.53 Å². The Balaban J connectivity index is 1.33. The number of aromatic nitrogens is 1. The summed E-state index contributed by atoms with van der Waals surface area (Å²) in [5, 5.41) is 0. The highest BCUT2D eigenvalue weighted by molar-refractivity contribution is 5.79. The van der Waals surface area contributed by atoms with Gasteiger partial charge in [0.2, 0.25) is 5.91 Å². The van der Waals surface area contributed by atoms with E-state index in [-0.39, 0.29) is 11.3 Å². The number of carbonyl (C=O) groups excluding carboxylic acids is 1. The van der Waals surface area contributed by atoms with Gasteiger partial charge in [0.1, 0.15) is 5.75 Å². The van der Waals surface area contributed by atoms with E-state index in [1.165, 1.54) is 12.0 Å². The van der Waals surface area contributed by atoms with E-state index in [2.05, 4.69) is 46.8 Å². The zero-order chi connectivity index (χ0) is 21.0. The molecule has 1 spiro atoms. The number of likely N-dealkylation sites (tertiary alicyclic amines) is 2. The average molecular weight is 408 g/mol. The highest BCUT2D eigenvalue weighted by Crippen LogP contribution is 2.40. The highest BCUT2D eigenvalue weighted by atomic mass is 16.5. The lowest BCUT2D eigenvalue weighted by Gasteiger charge is -2.25.